The van der Waals surface area contributed by atoms with Crippen LogP contribution in [0.1, 0.15) is 39.0 Å². The molecule has 1 aliphatic heterocycles. The topological polar surface area (TPSA) is 32.5 Å². The minimum absolute atomic E-state index is 0.763. The Kier molecular flexibility index (Phi) is 5.46. The largest absolute Gasteiger partial charge is 0.330 e. The SMILES string of the molecule is CCC1CN(CC2CCCCC2CN)CCN1C. The first kappa shape index (κ1) is 14.3. The Morgan fingerprint density at radius 3 is 2.50 bits per heavy atom. The highest BCUT2D eigenvalue weighted by atomic mass is 15.3. The van der Waals surface area contributed by atoms with Gasteiger partial charge in [-0.3, -0.25) is 0 Å². The van der Waals surface area contributed by atoms with Crippen molar-refractivity contribution < 1.29 is 0 Å². The standard InChI is InChI=1S/C15H31N3/c1-3-15-12-18(9-8-17(15)2)11-14-7-5-4-6-13(14)10-16/h13-15H,3-12,16H2,1-2H3. The second-order valence-electron chi connectivity index (χ2n) is 6.34. The van der Waals surface area contributed by atoms with E-state index in [1.165, 1.54) is 58.3 Å². The van der Waals surface area contributed by atoms with Gasteiger partial charge in [-0.15, -0.1) is 0 Å². The van der Waals surface area contributed by atoms with Crippen molar-refractivity contribution in [3.8, 4) is 0 Å². The van der Waals surface area contributed by atoms with Gasteiger partial charge in [0, 0.05) is 32.2 Å². The molecule has 0 aromatic carbocycles. The number of hydrogen-bond donors (Lipinski definition) is 1. The lowest BCUT2D eigenvalue weighted by Crippen LogP contribution is -2.52. The highest BCUT2D eigenvalue weighted by Gasteiger charge is 2.29. The lowest BCUT2D eigenvalue weighted by atomic mass is 9.79. The van der Waals surface area contributed by atoms with Crippen LogP contribution in [-0.4, -0.2) is 55.6 Å². The minimum atomic E-state index is 0.763. The molecule has 1 heterocycles. The Bertz CT molecular complexity index is 244. The van der Waals surface area contributed by atoms with Crippen molar-refractivity contribution in [2.24, 2.45) is 17.6 Å². The van der Waals surface area contributed by atoms with Crippen molar-refractivity contribution >= 4 is 0 Å². The van der Waals surface area contributed by atoms with Gasteiger partial charge in [-0.1, -0.05) is 19.8 Å². The van der Waals surface area contributed by atoms with E-state index in [1.807, 2.05) is 0 Å². The number of rotatable bonds is 4. The molecule has 2 rings (SSSR count). The summed E-state index contributed by atoms with van der Waals surface area (Å²) in [7, 11) is 2.27. The molecule has 3 atom stereocenters. The molecular weight excluding hydrogens is 222 g/mol. The maximum Gasteiger partial charge on any atom is 0.0218 e. The molecule has 1 aliphatic carbocycles. The van der Waals surface area contributed by atoms with Gasteiger partial charge in [0.25, 0.3) is 0 Å². The Labute approximate surface area is 113 Å². The Balaban J connectivity index is 1.84. The molecule has 106 valence electrons. The summed E-state index contributed by atoms with van der Waals surface area (Å²) in [5.74, 6) is 1.66. The van der Waals surface area contributed by atoms with Crippen molar-refractivity contribution in [1.29, 1.82) is 0 Å². The summed E-state index contributed by atoms with van der Waals surface area (Å²) in [4.78, 5) is 5.23. The van der Waals surface area contributed by atoms with E-state index in [0.717, 1.165) is 24.4 Å². The molecule has 2 N–H and O–H groups in total. The number of likely N-dealkylation sites (N-methyl/N-ethyl adjacent to an activating group) is 1. The first-order valence-electron chi connectivity index (χ1n) is 7.87. The summed E-state index contributed by atoms with van der Waals surface area (Å²) < 4.78 is 0. The summed E-state index contributed by atoms with van der Waals surface area (Å²) in [5, 5.41) is 0. The zero-order valence-corrected chi connectivity index (χ0v) is 12.3. The molecule has 2 fully saturated rings. The predicted octanol–water partition coefficient (Wildman–Crippen LogP) is 1.78. The normalized spacial score (nSPS) is 35.8. The first-order chi connectivity index (χ1) is 8.74. The Morgan fingerprint density at radius 1 is 1.11 bits per heavy atom. The summed E-state index contributed by atoms with van der Waals surface area (Å²) in [6.07, 6.45) is 6.87. The molecule has 3 unspecified atom stereocenters. The summed E-state index contributed by atoms with van der Waals surface area (Å²) in [6.45, 7) is 8.26. The van der Waals surface area contributed by atoms with Crippen LogP contribution >= 0.6 is 0 Å². The Hall–Kier alpha value is -0.120. The molecule has 0 amide bonds. The maximum atomic E-state index is 5.95. The third-order valence-electron chi connectivity index (χ3n) is 5.19. The number of nitrogens with zero attached hydrogens (tertiary/aromatic N) is 2. The first-order valence-corrected chi connectivity index (χ1v) is 7.87. The molecular formula is C15H31N3. The highest BCUT2D eigenvalue weighted by molar-refractivity contribution is 4.84. The van der Waals surface area contributed by atoms with Crippen molar-refractivity contribution in [3.05, 3.63) is 0 Å². The fourth-order valence-electron chi connectivity index (χ4n) is 3.78. The monoisotopic (exact) mass is 253 g/mol. The molecule has 0 spiro atoms. The third kappa shape index (κ3) is 3.46. The van der Waals surface area contributed by atoms with Crippen LogP contribution in [0.25, 0.3) is 0 Å². The number of hydrogen-bond acceptors (Lipinski definition) is 3. The van der Waals surface area contributed by atoms with E-state index in [-0.39, 0.29) is 0 Å². The second-order valence-corrected chi connectivity index (χ2v) is 6.34. The average Bonchev–Trinajstić information content (AvgIpc) is 2.41. The van der Waals surface area contributed by atoms with E-state index >= 15 is 0 Å². The van der Waals surface area contributed by atoms with E-state index in [1.54, 1.807) is 0 Å². The van der Waals surface area contributed by atoms with Crippen LogP contribution in [0.3, 0.4) is 0 Å². The van der Waals surface area contributed by atoms with Gasteiger partial charge < -0.3 is 15.5 Å². The van der Waals surface area contributed by atoms with E-state index in [0.29, 0.717) is 0 Å². The van der Waals surface area contributed by atoms with Crippen molar-refractivity contribution in [2.45, 2.75) is 45.1 Å². The van der Waals surface area contributed by atoms with Gasteiger partial charge in [0.05, 0.1) is 0 Å². The molecule has 0 radical (unpaired) electrons. The van der Waals surface area contributed by atoms with Gasteiger partial charge in [-0.25, -0.2) is 0 Å². The highest BCUT2D eigenvalue weighted by Crippen LogP contribution is 2.30. The van der Waals surface area contributed by atoms with Gasteiger partial charge in [0.2, 0.25) is 0 Å². The molecule has 0 aromatic rings. The van der Waals surface area contributed by atoms with Crippen molar-refractivity contribution in [1.82, 2.24) is 9.80 Å². The third-order valence-corrected chi connectivity index (χ3v) is 5.19. The average molecular weight is 253 g/mol. The molecule has 1 saturated heterocycles. The quantitative estimate of drug-likeness (QED) is 0.829. The van der Waals surface area contributed by atoms with Crippen molar-refractivity contribution in [3.63, 3.8) is 0 Å². The second kappa shape index (κ2) is 6.88. The van der Waals surface area contributed by atoms with E-state index in [2.05, 4.69) is 23.8 Å². The fourth-order valence-corrected chi connectivity index (χ4v) is 3.78. The molecule has 2 aliphatic rings. The van der Waals surface area contributed by atoms with Crippen LogP contribution in [0.5, 0.6) is 0 Å². The summed E-state index contributed by atoms with van der Waals surface area (Å²) in [5.41, 5.74) is 5.95. The van der Waals surface area contributed by atoms with E-state index in [4.69, 9.17) is 5.73 Å². The van der Waals surface area contributed by atoms with E-state index in [9.17, 15) is 0 Å². The van der Waals surface area contributed by atoms with Crippen LogP contribution in [0, 0.1) is 11.8 Å². The van der Waals surface area contributed by atoms with Crippen LogP contribution < -0.4 is 5.73 Å². The molecule has 3 nitrogen and oxygen atoms in total. The van der Waals surface area contributed by atoms with Crippen LogP contribution in [0.4, 0.5) is 0 Å². The van der Waals surface area contributed by atoms with Gasteiger partial charge in [0.1, 0.15) is 0 Å². The number of nitrogens with two attached hydrogens (primary N) is 1. The fraction of sp³-hybridized carbons (Fsp3) is 1.00. The lowest BCUT2D eigenvalue weighted by molar-refractivity contribution is 0.0649. The van der Waals surface area contributed by atoms with Gasteiger partial charge in [0.15, 0.2) is 0 Å². The van der Waals surface area contributed by atoms with Gasteiger partial charge in [-0.2, -0.15) is 0 Å². The van der Waals surface area contributed by atoms with Gasteiger partial charge in [-0.05, 0) is 44.7 Å². The van der Waals surface area contributed by atoms with Crippen LogP contribution in [-0.2, 0) is 0 Å². The number of piperazine rings is 1. The maximum absolute atomic E-state index is 5.95. The van der Waals surface area contributed by atoms with Crippen LogP contribution in [0.2, 0.25) is 0 Å². The lowest BCUT2D eigenvalue weighted by Gasteiger charge is -2.42. The molecule has 18 heavy (non-hydrogen) atoms. The van der Waals surface area contributed by atoms with Crippen molar-refractivity contribution in [2.75, 3.05) is 39.8 Å². The summed E-state index contributed by atoms with van der Waals surface area (Å²) >= 11 is 0. The summed E-state index contributed by atoms with van der Waals surface area (Å²) in [6, 6.07) is 0.763. The zero-order valence-electron chi connectivity index (χ0n) is 12.3. The zero-order chi connectivity index (χ0) is 13.0. The van der Waals surface area contributed by atoms with Crippen LogP contribution in [0.15, 0.2) is 0 Å². The minimum Gasteiger partial charge on any atom is -0.330 e. The Morgan fingerprint density at radius 2 is 1.83 bits per heavy atom. The molecule has 0 bridgehead atoms. The molecule has 0 aromatic heterocycles. The predicted molar refractivity (Wildman–Crippen MR) is 77.7 cm³/mol. The van der Waals surface area contributed by atoms with Gasteiger partial charge >= 0.3 is 0 Å². The molecule has 3 heteroatoms. The smallest absolute Gasteiger partial charge is 0.0218 e. The molecule has 1 saturated carbocycles. The van der Waals surface area contributed by atoms with E-state index < -0.39 is 0 Å².